The summed E-state index contributed by atoms with van der Waals surface area (Å²) >= 11 is 0. The zero-order valence-corrected chi connectivity index (χ0v) is 20.6. The van der Waals surface area contributed by atoms with Gasteiger partial charge in [0.15, 0.2) is 0 Å². The summed E-state index contributed by atoms with van der Waals surface area (Å²) in [6.45, 7) is 8.31. The molecule has 8 heteroatoms. The molecular formula is C28H22O6S2. The monoisotopic (exact) mass is 518 g/mol. The van der Waals surface area contributed by atoms with E-state index < -0.39 is 20.2 Å². The van der Waals surface area contributed by atoms with Crippen LogP contribution >= 0.6 is 0 Å². The quantitative estimate of drug-likeness (QED) is 0.292. The van der Waals surface area contributed by atoms with Crippen molar-refractivity contribution in [1.82, 2.24) is 0 Å². The maximum absolute atomic E-state index is 12.1. The summed E-state index contributed by atoms with van der Waals surface area (Å²) in [7, 11) is -9.13. The zero-order valence-electron chi connectivity index (χ0n) is 19.0. The van der Waals surface area contributed by atoms with Crippen molar-refractivity contribution >= 4 is 31.4 Å². The second-order valence-corrected chi connectivity index (χ2v) is 10.8. The van der Waals surface area contributed by atoms with Gasteiger partial charge >= 0.3 is 0 Å². The molecule has 4 rings (SSSR count). The number of hydrogen-bond donors (Lipinski definition) is 2. The Kier molecular flexibility index (Phi) is 6.79. The lowest BCUT2D eigenvalue weighted by Gasteiger charge is -2.21. The fourth-order valence-electron chi connectivity index (χ4n) is 4.15. The lowest BCUT2D eigenvalue weighted by molar-refractivity contribution is 0.480. The van der Waals surface area contributed by atoms with Crippen LogP contribution < -0.4 is 0 Å². The maximum atomic E-state index is 12.1. The Labute approximate surface area is 210 Å². The van der Waals surface area contributed by atoms with E-state index in [1.165, 1.54) is 36.4 Å². The SMILES string of the molecule is C=C(c1ccccc1S(=O)(=O)O)c1cccc(-c2ccccc2)c1C(=C)c1ccccc1S(=O)(=O)O. The van der Waals surface area contributed by atoms with Gasteiger partial charge < -0.3 is 0 Å². The van der Waals surface area contributed by atoms with Gasteiger partial charge in [-0.15, -0.1) is 0 Å². The molecular weight excluding hydrogens is 496 g/mol. The van der Waals surface area contributed by atoms with Gasteiger partial charge in [0, 0.05) is 11.1 Å². The van der Waals surface area contributed by atoms with Gasteiger partial charge in [-0.1, -0.05) is 98.1 Å². The first-order valence-corrected chi connectivity index (χ1v) is 13.6. The minimum Gasteiger partial charge on any atom is -0.282 e. The predicted octanol–water partition coefficient (Wildman–Crippen LogP) is 5.97. The first-order valence-electron chi connectivity index (χ1n) is 10.7. The lowest BCUT2D eigenvalue weighted by atomic mass is 9.84. The van der Waals surface area contributed by atoms with Crippen molar-refractivity contribution in [1.29, 1.82) is 0 Å². The molecule has 0 bridgehead atoms. The van der Waals surface area contributed by atoms with Crippen molar-refractivity contribution in [3.8, 4) is 11.1 Å². The van der Waals surface area contributed by atoms with E-state index in [1.807, 2.05) is 36.4 Å². The molecule has 0 saturated carbocycles. The predicted molar refractivity (Wildman–Crippen MR) is 141 cm³/mol. The smallest absolute Gasteiger partial charge is 0.282 e. The van der Waals surface area contributed by atoms with Crippen LogP contribution in [0, 0.1) is 0 Å². The van der Waals surface area contributed by atoms with Gasteiger partial charge in [-0.05, 0) is 45.5 Å². The molecule has 4 aromatic rings. The van der Waals surface area contributed by atoms with E-state index in [0.717, 1.165) is 5.56 Å². The van der Waals surface area contributed by atoms with Gasteiger partial charge in [-0.25, -0.2) is 0 Å². The van der Waals surface area contributed by atoms with Gasteiger partial charge in [0.25, 0.3) is 20.2 Å². The van der Waals surface area contributed by atoms with E-state index in [1.54, 1.807) is 24.3 Å². The summed E-state index contributed by atoms with van der Waals surface area (Å²) in [5, 5.41) is 0. The van der Waals surface area contributed by atoms with Crippen molar-refractivity contribution in [3.63, 3.8) is 0 Å². The largest absolute Gasteiger partial charge is 0.295 e. The molecule has 0 saturated heterocycles. The van der Waals surface area contributed by atoms with E-state index in [9.17, 15) is 25.9 Å². The molecule has 0 atom stereocenters. The highest BCUT2D eigenvalue weighted by molar-refractivity contribution is 7.86. The molecule has 0 aliphatic rings. The molecule has 0 aliphatic heterocycles. The van der Waals surface area contributed by atoms with Crippen LogP contribution in [0.2, 0.25) is 0 Å². The van der Waals surface area contributed by atoms with Crippen LogP contribution in [0.15, 0.2) is 120 Å². The third-order valence-corrected chi connectivity index (χ3v) is 7.58. The highest BCUT2D eigenvalue weighted by atomic mass is 32.2. The van der Waals surface area contributed by atoms with Gasteiger partial charge in [0.05, 0.1) is 0 Å². The Hall–Kier alpha value is -3.82. The molecule has 0 aromatic heterocycles. The highest BCUT2D eigenvalue weighted by Gasteiger charge is 2.24. The second kappa shape index (κ2) is 9.67. The van der Waals surface area contributed by atoms with Crippen LogP contribution in [0.25, 0.3) is 22.3 Å². The summed E-state index contributed by atoms with van der Waals surface area (Å²) in [6, 6.07) is 26.5. The van der Waals surface area contributed by atoms with Crippen molar-refractivity contribution in [2.45, 2.75) is 9.79 Å². The van der Waals surface area contributed by atoms with Crippen LogP contribution in [-0.4, -0.2) is 25.9 Å². The standard InChI is InChI=1S/C28H22O6S2/c1-19(22-13-6-8-17-26(22)35(29,30)31)24-15-10-16-25(21-11-4-3-5-12-21)28(24)20(2)23-14-7-9-18-27(23)36(32,33)34/h3-18H,1-2H2,(H,29,30,31)(H,32,33,34). The Morgan fingerprint density at radius 1 is 0.528 bits per heavy atom. The first kappa shape index (κ1) is 25.3. The molecule has 4 aromatic carbocycles. The molecule has 36 heavy (non-hydrogen) atoms. The van der Waals surface area contributed by atoms with Crippen molar-refractivity contribution in [2.24, 2.45) is 0 Å². The molecule has 2 N–H and O–H groups in total. The molecule has 0 heterocycles. The minimum absolute atomic E-state index is 0.181. The van der Waals surface area contributed by atoms with Crippen molar-refractivity contribution < 1.29 is 25.9 Å². The molecule has 0 radical (unpaired) electrons. The van der Waals surface area contributed by atoms with Crippen LogP contribution in [-0.2, 0) is 20.2 Å². The fraction of sp³-hybridized carbons (Fsp3) is 0. The molecule has 6 nitrogen and oxygen atoms in total. The van der Waals surface area contributed by atoms with E-state index in [4.69, 9.17) is 0 Å². The Bertz CT molecular complexity index is 1700. The minimum atomic E-state index is -4.57. The molecule has 182 valence electrons. The van der Waals surface area contributed by atoms with Crippen molar-refractivity contribution in [3.05, 3.63) is 132 Å². The van der Waals surface area contributed by atoms with E-state index in [0.29, 0.717) is 16.7 Å². The summed E-state index contributed by atoms with van der Waals surface area (Å²) in [4.78, 5) is -0.622. The molecule has 0 fully saturated rings. The van der Waals surface area contributed by atoms with Gasteiger partial charge in [0.1, 0.15) is 9.79 Å². The van der Waals surface area contributed by atoms with Gasteiger partial charge in [-0.2, -0.15) is 16.8 Å². The fourth-order valence-corrected chi connectivity index (χ4v) is 5.59. The third kappa shape index (κ3) is 4.93. The number of rotatable bonds is 7. The van der Waals surface area contributed by atoms with Gasteiger partial charge in [-0.3, -0.25) is 9.11 Å². The first-order chi connectivity index (χ1) is 17.0. The van der Waals surface area contributed by atoms with Crippen molar-refractivity contribution in [2.75, 3.05) is 0 Å². The summed E-state index contributed by atoms with van der Waals surface area (Å²) in [6.07, 6.45) is 0. The molecule has 0 spiro atoms. The second-order valence-electron chi connectivity index (χ2n) is 7.99. The zero-order chi connectivity index (χ0) is 26.1. The average molecular weight is 519 g/mol. The average Bonchev–Trinajstić information content (AvgIpc) is 2.87. The normalized spacial score (nSPS) is 11.7. The van der Waals surface area contributed by atoms with Gasteiger partial charge in [0.2, 0.25) is 0 Å². The third-order valence-electron chi connectivity index (χ3n) is 5.76. The topological polar surface area (TPSA) is 109 Å². The summed E-state index contributed by atoms with van der Waals surface area (Å²) < 4.78 is 68.1. The number of benzene rings is 4. The van der Waals surface area contributed by atoms with Crippen LogP contribution in [0.1, 0.15) is 22.3 Å². The van der Waals surface area contributed by atoms with E-state index in [-0.39, 0.29) is 32.1 Å². The molecule has 0 aliphatic carbocycles. The molecule has 0 amide bonds. The van der Waals surface area contributed by atoms with Crippen LogP contribution in [0.4, 0.5) is 0 Å². The summed E-state index contributed by atoms with van der Waals surface area (Å²) in [5.41, 5.74) is 3.38. The van der Waals surface area contributed by atoms with E-state index in [2.05, 4.69) is 13.2 Å². The van der Waals surface area contributed by atoms with E-state index >= 15 is 0 Å². The Morgan fingerprint density at radius 3 is 1.50 bits per heavy atom. The Balaban J connectivity index is 2.04. The Morgan fingerprint density at radius 2 is 0.972 bits per heavy atom. The maximum Gasteiger partial charge on any atom is 0.295 e. The number of hydrogen-bond acceptors (Lipinski definition) is 4. The lowest BCUT2D eigenvalue weighted by Crippen LogP contribution is -2.06. The summed E-state index contributed by atoms with van der Waals surface area (Å²) in [5.74, 6) is 0. The molecule has 0 unspecified atom stereocenters. The highest BCUT2D eigenvalue weighted by Crippen LogP contribution is 2.40. The van der Waals surface area contributed by atoms with Crippen LogP contribution in [0.5, 0.6) is 0 Å². The van der Waals surface area contributed by atoms with Crippen LogP contribution in [0.3, 0.4) is 0 Å².